The van der Waals surface area contributed by atoms with Crippen molar-refractivity contribution in [3.8, 4) is 5.75 Å². The maximum Gasteiger partial charge on any atom is 0.128 e. The van der Waals surface area contributed by atoms with Gasteiger partial charge in [0.05, 0.1) is 0 Å². The summed E-state index contributed by atoms with van der Waals surface area (Å²) in [6.45, 7) is 8.76. The van der Waals surface area contributed by atoms with Gasteiger partial charge in [0.25, 0.3) is 0 Å². The summed E-state index contributed by atoms with van der Waals surface area (Å²) in [5, 5.41) is 0. The Labute approximate surface area is 98.1 Å². The van der Waals surface area contributed by atoms with E-state index in [4.69, 9.17) is 4.74 Å². The Morgan fingerprint density at radius 3 is 2.56 bits per heavy atom. The number of ether oxygens (including phenoxy) is 1. The number of benzene rings is 1. The summed E-state index contributed by atoms with van der Waals surface area (Å²) in [4.78, 5) is 0. The van der Waals surface area contributed by atoms with Crippen molar-refractivity contribution in [3.05, 3.63) is 42.0 Å². The molecule has 16 heavy (non-hydrogen) atoms. The van der Waals surface area contributed by atoms with Gasteiger partial charge in [-0.05, 0) is 30.0 Å². The van der Waals surface area contributed by atoms with Crippen molar-refractivity contribution in [3.63, 3.8) is 0 Å². The summed E-state index contributed by atoms with van der Waals surface area (Å²) in [5.41, 5.74) is 1.35. The number of para-hydroxylation sites is 1. The van der Waals surface area contributed by atoms with Gasteiger partial charge < -0.3 is 4.74 Å². The van der Waals surface area contributed by atoms with Gasteiger partial charge in [0.2, 0.25) is 0 Å². The topological polar surface area (TPSA) is 9.23 Å². The highest BCUT2D eigenvalue weighted by Gasteiger charge is 2.32. The molecule has 1 aliphatic rings. The number of rotatable bonds is 1. The van der Waals surface area contributed by atoms with E-state index in [9.17, 15) is 0 Å². The Hall–Kier alpha value is -1.24. The molecule has 1 atom stereocenters. The van der Waals surface area contributed by atoms with E-state index in [-0.39, 0.29) is 11.0 Å². The van der Waals surface area contributed by atoms with Crippen LogP contribution in [0.5, 0.6) is 5.75 Å². The zero-order chi connectivity index (χ0) is 11.8. The SMILES string of the molecule is CC(C)(C)/C=C/C1(C)Cc2ccccc2O1. The highest BCUT2D eigenvalue weighted by molar-refractivity contribution is 5.40. The van der Waals surface area contributed by atoms with Gasteiger partial charge in [-0.1, -0.05) is 45.0 Å². The van der Waals surface area contributed by atoms with Gasteiger partial charge in [-0.25, -0.2) is 0 Å². The fraction of sp³-hybridized carbons (Fsp3) is 0.467. The van der Waals surface area contributed by atoms with Crippen LogP contribution in [0.1, 0.15) is 33.3 Å². The summed E-state index contributed by atoms with van der Waals surface area (Å²) in [5.74, 6) is 1.03. The highest BCUT2D eigenvalue weighted by atomic mass is 16.5. The van der Waals surface area contributed by atoms with Gasteiger partial charge in [-0.15, -0.1) is 0 Å². The first-order valence-corrected chi connectivity index (χ1v) is 5.85. The molecule has 0 saturated carbocycles. The van der Waals surface area contributed by atoms with Crippen LogP contribution in [0.4, 0.5) is 0 Å². The molecule has 0 N–H and O–H groups in total. The lowest BCUT2D eigenvalue weighted by Crippen LogP contribution is -2.27. The zero-order valence-electron chi connectivity index (χ0n) is 10.6. The second-order valence-electron chi connectivity index (χ2n) is 5.90. The standard InChI is InChI=1S/C15H20O/c1-14(2,3)9-10-15(4)11-12-7-5-6-8-13(12)16-15/h5-10H,11H2,1-4H3/b10-9+. The van der Waals surface area contributed by atoms with Gasteiger partial charge in [0.15, 0.2) is 0 Å². The Kier molecular flexibility index (Phi) is 2.57. The molecular weight excluding hydrogens is 196 g/mol. The molecule has 1 heterocycles. The Morgan fingerprint density at radius 1 is 1.25 bits per heavy atom. The van der Waals surface area contributed by atoms with Crippen molar-refractivity contribution >= 4 is 0 Å². The van der Waals surface area contributed by atoms with E-state index < -0.39 is 0 Å². The average Bonchev–Trinajstić information content (AvgIpc) is 2.51. The predicted molar refractivity (Wildman–Crippen MR) is 67.8 cm³/mol. The molecule has 1 nitrogen and oxygen atoms in total. The molecule has 1 heteroatoms. The minimum absolute atomic E-state index is 0.170. The first-order chi connectivity index (χ1) is 7.38. The van der Waals surface area contributed by atoms with E-state index in [2.05, 4.69) is 52.0 Å². The zero-order valence-corrected chi connectivity index (χ0v) is 10.6. The summed E-state index contributed by atoms with van der Waals surface area (Å²) in [6.07, 6.45) is 5.40. The molecule has 1 unspecified atom stereocenters. The lowest BCUT2D eigenvalue weighted by atomic mass is 9.91. The Bertz CT molecular complexity index is 385. The van der Waals surface area contributed by atoms with Crippen molar-refractivity contribution in [1.29, 1.82) is 0 Å². The first-order valence-electron chi connectivity index (χ1n) is 5.85. The van der Waals surface area contributed by atoms with Gasteiger partial charge in [0, 0.05) is 6.42 Å². The molecule has 86 valence electrons. The van der Waals surface area contributed by atoms with E-state index in [0.717, 1.165) is 12.2 Å². The number of hydrogen-bond acceptors (Lipinski definition) is 1. The largest absolute Gasteiger partial charge is 0.483 e. The Balaban J connectivity index is 2.18. The fourth-order valence-corrected chi connectivity index (χ4v) is 1.93. The van der Waals surface area contributed by atoms with Gasteiger partial charge in [0.1, 0.15) is 11.4 Å². The van der Waals surface area contributed by atoms with Crippen LogP contribution in [0, 0.1) is 5.41 Å². The first kappa shape index (κ1) is 11.3. The van der Waals surface area contributed by atoms with E-state index in [1.807, 2.05) is 12.1 Å². The van der Waals surface area contributed by atoms with Crippen LogP contribution < -0.4 is 4.74 Å². The molecule has 0 fully saturated rings. The van der Waals surface area contributed by atoms with Gasteiger partial charge in [-0.2, -0.15) is 0 Å². The summed E-state index contributed by atoms with van der Waals surface area (Å²) >= 11 is 0. The quantitative estimate of drug-likeness (QED) is 0.645. The number of fused-ring (bicyclic) bond motifs is 1. The van der Waals surface area contributed by atoms with E-state index in [0.29, 0.717) is 0 Å². The van der Waals surface area contributed by atoms with Crippen LogP contribution in [0.15, 0.2) is 36.4 Å². The van der Waals surface area contributed by atoms with Crippen molar-refractivity contribution in [2.45, 2.75) is 39.7 Å². The third kappa shape index (κ3) is 2.46. The maximum absolute atomic E-state index is 6.00. The van der Waals surface area contributed by atoms with Gasteiger partial charge >= 0.3 is 0 Å². The number of allylic oxidation sites excluding steroid dienone is 1. The molecule has 1 aromatic carbocycles. The molecular formula is C15H20O. The second kappa shape index (κ2) is 3.65. The smallest absolute Gasteiger partial charge is 0.128 e. The van der Waals surface area contributed by atoms with Crippen LogP contribution in [0.25, 0.3) is 0 Å². The predicted octanol–water partition coefficient (Wildman–Crippen LogP) is 3.98. The maximum atomic E-state index is 6.00. The van der Waals surface area contributed by atoms with Crippen LogP contribution in [0.3, 0.4) is 0 Å². The van der Waals surface area contributed by atoms with Crippen molar-refractivity contribution < 1.29 is 4.74 Å². The van der Waals surface area contributed by atoms with E-state index in [1.165, 1.54) is 5.56 Å². The second-order valence-corrected chi connectivity index (χ2v) is 5.90. The molecule has 0 radical (unpaired) electrons. The minimum Gasteiger partial charge on any atom is -0.483 e. The minimum atomic E-state index is -0.170. The lowest BCUT2D eigenvalue weighted by molar-refractivity contribution is 0.169. The number of hydrogen-bond donors (Lipinski definition) is 0. The van der Waals surface area contributed by atoms with Crippen molar-refractivity contribution in [1.82, 2.24) is 0 Å². The molecule has 1 aromatic rings. The lowest BCUT2D eigenvalue weighted by Gasteiger charge is -2.22. The monoisotopic (exact) mass is 216 g/mol. The normalized spacial score (nSPS) is 24.5. The molecule has 0 spiro atoms. The molecule has 0 amide bonds. The highest BCUT2D eigenvalue weighted by Crippen LogP contribution is 2.36. The molecule has 0 saturated heterocycles. The van der Waals surface area contributed by atoms with Crippen molar-refractivity contribution in [2.24, 2.45) is 5.41 Å². The third-order valence-corrected chi connectivity index (χ3v) is 2.79. The molecule has 2 rings (SSSR count). The summed E-state index contributed by atoms with van der Waals surface area (Å²) in [6, 6.07) is 8.29. The van der Waals surface area contributed by atoms with Crippen molar-refractivity contribution in [2.75, 3.05) is 0 Å². The molecule has 0 aromatic heterocycles. The summed E-state index contributed by atoms with van der Waals surface area (Å²) < 4.78 is 6.00. The van der Waals surface area contributed by atoms with Crippen LogP contribution in [0.2, 0.25) is 0 Å². The average molecular weight is 216 g/mol. The van der Waals surface area contributed by atoms with Crippen LogP contribution in [-0.4, -0.2) is 5.60 Å². The Morgan fingerprint density at radius 2 is 1.94 bits per heavy atom. The van der Waals surface area contributed by atoms with Crippen LogP contribution in [-0.2, 0) is 6.42 Å². The van der Waals surface area contributed by atoms with Gasteiger partial charge in [-0.3, -0.25) is 0 Å². The van der Waals surface area contributed by atoms with E-state index >= 15 is 0 Å². The van der Waals surface area contributed by atoms with E-state index in [1.54, 1.807) is 0 Å². The third-order valence-electron chi connectivity index (χ3n) is 2.79. The molecule has 0 bridgehead atoms. The fourth-order valence-electron chi connectivity index (χ4n) is 1.93. The summed E-state index contributed by atoms with van der Waals surface area (Å²) in [7, 11) is 0. The molecule has 0 aliphatic carbocycles. The molecule has 1 aliphatic heterocycles. The van der Waals surface area contributed by atoms with Crippen LogP contribution >= 0.6 is 0 Å².